The molecule has 0 aliphatic carbocycles. The van der Waals surface area contributed by atoms with E-state index >= 15 is 0 Å². The number of amides is 2. The zero-order valence-corrected chi connectivity index (χ0v) is 16.6. The molecule has 6 nitrogen and oxygen atoms in total. The molecule has 2 aliphatic heterocycles. The Morgan fingerprint density at radius 2 is 1.96 bits per heavy atom. The van der Waals surface area contributed by atoms with Gasteiger partial charge in [0.15, 0.2) is 0 Å². The van der Waals surface area contributed by atoms with Gasteiger partial charge in [-0.05, 0) is 58.3 Å². The van der Waals surface area contributed by atoms with E-state index in [2.05, 4.69) is 27.1 Å². The molecule has 2 atom stereocenters. The first-order valence-corrected chi connectivity index (χ1v) is 10.3. The van der Waals surface area contributed by atoms with Crippen LogP contribution in [-0.2, 0) is 9.59 Å². The maximum Gasteiger partial charge on any atom is 0.225 e. The summed E-state index contributed by atoms with van der Waals surface area (Å²) < 4.78 is 0. The van der Waals surface area contributed by atoms with Gasteiger partial charge < -0.3 is 15.1 Å². The van der Waals surface area contributed by atoms with Crippen molar-refractivity contribution in [2.45, 2.75) is 70.4 Å². The molecule has 1 aromatic rings. The minimum atomic E-state index is -0.0779. The van der Waals surface area contributed by atoms with E-state index in [4.69, 9.17) is 0 Å². The number of likely N-dealkylation sites (N-methyl/N-ethyl adjacent to an activating group) is 1. The summed E-state index contributed by atoms with van der Waals surface area (Å²) in [5, 5.41) is 2.81. The molecular weight excluding hydrogens is 340 g/mol. The predicted octanol–water partition coefficient (Wildman–Crippen LogP) is 2.97. The Kier molecular flexibility index (Phi) is 6.83. The third-order valence-electron chi connectivity index (χ3n) is 5.86. The number of anilines is 1. The Morgan fingerprint density at radius 3 is 2.78 bits per heavy atom. The number of nitrogens with one attached hydrogen (secondary N) is 1. The van der Waals surface area contributed by atoms with E-state index in [1.165, 1.54) is 19.3 Å². The van der Waals surface area contributed by atoms with Gasteiger partial charge in [-0.25, -0.2) is 4.98 Å². The molecule has 2 fully saturated rings. The quantitative estimate of drug-likeness (QED) is 0.863. The van der Waals surface area contributed by atoms with Crippen molar-refractivity contribution >= 4 is 17.6 Å². The zero-order chi connectivity index (χ0) is 19.2. The number of hydrogen-bond donors (Lipinski definition) is 1. The topological polar surface area (TPSA) is 65.5 Å². The van der Waals surface area contributed by atoms with Crippen molar-refractivity contribution in [3.05, 3.63) is 23.9 Å². The van der Waals surface area contributed by atoms with E-state index in [1.54, 1.807) is 6.07 Å². The summed E-state index contributed by atoms with van der Waals surface area (Å²) in [5.41, 5.74) is 0.871. The van der Waals surface area contributed by atoms with E-state index in [9.17, 15) is 9.59 Å². The maximum absolute atomic E-state index is 12.8. The molecule has 1 N–H and O–H groups in total. The molecule has 27 heavy (non-hydrogen) atoms. The molecule has 0 bridgehead atoms. The lowest BCUT2D eigenvalue weighted by molar-refractivity contribution is -0.132. The van der Waals surface area contributed by atoms with Gasteiger partial charge in [-0.2, -0.15) is 0 Å². The Balaban J connectivity index is 1.45. The van der Waals surface area contributed by atoms with Gasteiger partial charge in [-0.15, -0.1) is 0 Å². The number of pyridine rings is 1. The first-order chi connectivity index (χ1) is 13.0. The number of aryl methyl sites for hydroxylation is 1. The number of aromatic nitrogens is 1. The average molecular weight is 373 g/mol. The summed E-state index contributed by atoms with van der Waals surface area (Å²) >= 11 is 0. The fourth-order valence-electron chi connectivity index (χ4n) is 4.43. The number of likely N-dealkylation sites (tertiary alicyclic amines) is 2. The summed E-state index contributed by atoms with van der Waals surface area (Å²) in [7, 11) is 2.20. The number of carbonyl (C=O) groups is 2. The molecule has 0 saturated carbocycles. The van der Waals surface area contributed by atoms with Crippen LogP contribution in [-0.4, -0.2) is 58.8 Å². The maximum atomic E-state index is 12.8. The summed E-state index contributed by atoms with van der Waals surface area (Å²) in [6.07, 6.45) is 7.30. The third kappa shape index (κ3) is 5.28. The lowest BCUT2D eigenvalue weighted by atomic mass is 9.97. The molecule has 3 heterocycles. The number of nitrogens with zero attached hydrogens (tertiary/aromatic N) is 3. The second-order valence-electron chi connectivity index (χ2n) is 7.91. The van der Waals surface area contributed by atoms with Crippen LogP contribution >= 0.6 is 0 Å². The smallest absolute Gasteiger partial charge is 0.225 e. The Morgan fingerprint density at radius 1 is 1.11 bits per heavy atom. The van der Waals surface area contributed by atoms with Gasteiger partial charge in [0.05, 0.1) is 0 Å². The van der Waals surface area contributed by atoms with Crippen molar-refractivity contribution in [2.24, 2.45) is 0 Å². The fourth-order valence-corrected chi connectivity index (χ4v) is 4.43. The highest BCUT2D eigenvalue weighted by Gasteiger charge is 2.38. The van der Waals surface area contributed by atoms with E-state index in [0.717, 1.165) is 31.6 Å². The normalized spacial score (nSPS) is 23.4. The zero-order valence-electron chi connectivity index (χ0n) is 16.6. The first-order valence-electron chi connectivity index (χ1n) is 10.3. The number of rotatable bonds is 5. The lowest BCUT2D eigenvalue weighted by Gasteiger charge is -2.35. The van der Waals surface area contributed by atoms with Crippen LogP contribution in [0.25, 0.3) is 0 Å². The Hall–Kier alpha value is -1.95. The monoisotopic (exact) mass is 372 g/mol. The second-order valence-corrected chi connectivity index (χ2v) is 7.91. The molecule has 1 aromatic heterocycles. The number of carbonyl (C=O) groups excluding carboxylic acids is 2. The van der Waals surface area contributed by atoms with Crippen molar-refractivity contribution in [2.75, 3.05) is 25.5 Å². The van der Waals surface area contributed by atoms with E-state index < -0.39 is 0 Å². The summed E-state index contributed by atoms with van der Waals surface area (Å²) in [6.45, 7) is 3.89. The SMILES string of the molecule is Cc1cccc(NC(=O)CCCC(=O)N2CC[C@H]3[C@H]2CCCCCN3C)n1. The van der Waals surface area contributed by atoms with E-state index in [-0.39, 0.29) is 11.8 Å². The predicted molar refractivity (Wildman–Crippen MR) is 106 cm³/mol. The lowest BCUT2D eigenvalue weighted by Crippen LogP contribution is -2.46. The van der Waals surface area contributed by atoms with Gasteiger partial charge in [-0.1, -0.05) is 18.9 Å². The van der Waals surface area contributed by atoms with Crippen LogP contribution in [0.2, 0.25) is 0 Å². The van der Waals surface area contributed by atoms with Crippen LogP contribution in [0, 0.1) is 6.92 Å². The van der Waals surface area contributed by atoms with Gasteiger partial charge in [0, 0.05) is 37.2 Å². The van der Waals surface area contributed by atoms with Gasteiger partial charge >= 0.3 is 0 Å². The van der Waals surface area contributed by atoms with Crippen molar-refractivity contribution in [1.29, 1.82) is 0 Å². The van der Waals surface area contributed by atoms with Gasteiger partial charge in [0.25, 0.3) is 0 Å². The van der Waals surface area contributed by atoms with Crippen molar-refractivity contribution < 1.29 is 9.59 Å². The summed E-state index contributed by atoms with van der Waals surface area (Å²) in [5.74, 6) is 0.704. The van der Waals surface area contributed by atoms with Crippen molar-refractivity contribution in [1.82, 2.24) is 14.8 Å². The largest absolute Gasteiger partial charge is 0.338 e. The van der Waals surface area contributed by atoms with Crippen molar-refractivity contribution in [3.8, 4) is 0 Å². The van der Waals surface area contributed by atoms with Crippen LogP contribution in [0.5, 0.6) is 0 Å². The molecule has 148 valence electrons. The second kappa shape index (κ2) is 9.31. The number of fused-ring (bicyclic) bond motifs is 1. The molecule has 0 radical (unpaired) electrons. The first kappa shape index (κ1) is 19.8. The average Bonchev–Trinajstić information content (AvgIpc) is 3.03. The highest BCUT2D eigenvalue weighted by molar-refractivity contribution is 5.90. The van der Waals surface area contributed by atoms with Crippen LogP contribution in [0.4, 0.5) is 5.82 Å². The van der Waals surface area contributed by atoms with Crippen LogP contribution in [0.15, 0.2) is 18.2 Å². The molecule has 3 rings (SSSR count). The fraction of sp³-hybridized carbons (Fsp3) is 0.667. The van der Waals surface area contributed by atoms with Gasteiger partial charge in [0.1, 0.15) is 5.82 Å². The Labute approximate surface area is 162 Å². The van der Waals surface area contributed by atoms with E-state index in [0.29, 0.717) is 37.2 Å². The van der Waals surface area contributed by atoms with Crippen LogP contribution < -0.4 is 5.32 Å². The summed E-state index contributed by atoms with van der Waals surface area (Å²) in [4.78, 5) is 33.7. The highest BCUT2D eigenvalue weighted by Crippen LogP contribution is 2.29. The molecule has 0 aromatic carbocycles. The molecule has 6 heteroatoms. The van der Waals surface area contributed by atoms with Gasteiger partial charge in [-0.3, -0.25) is 9.59 Å². The molecule has 0 spiro atoms. The van der Waals surface area contributed by atoms with Crippen LogP contribution in [0.3, 0.4) is 0 Å². The molecule has 0 unspecified atom stereocenters. The molecule has 2 amide bonds. The third-order valence-corrected chi connectivity index (χ3v) is 5.86. The molecule has 2 aliphatic rings. The summed E-state index contributed by atoms with van der Waals surface area (Å²) in [6, 6.07) is 6.41. The number of hydrogen-bond acceptors (Lipinski definition) is 4. The van der Waals surface area contributed by atoms with Crippen LogP contribution in [0.1, 0.15) is 57.1 Å². The van der Waals surface area contributed by atoms with E-state index in [1.807, 2.05) is 19.1 Å². The van der Waals surface area contributed by atoms with Crippen molar-refractivity contribution in [3.63, 3.8) is 0 Å². The standard InChI is InChI=1S/C21H32N4O2/c1-16-8-6-10-19(22-16)23-20(26)11-7-12-21(27)25-15-13-17-18(25)9-4-3-5-14-24(17)2/h6,8,10,17-18H,3-5,7,9,11-15H2,1-2H3,(H,22,23,26)/t17-,18+/m0/s1. The van der Waals surface area contributed by atoms with Gasteiger partial charge in [0.2, 0.25) is 11.8 Å². The molecule has 2 saturated heterocycles. The Bertz CT molecular complexity index is 663. The molecular formula is C21H32N4O2. The highest BCUT2D eigenvalue weighted by atomic mass is 16.2. The minimum Gasteiger partial charge on any atom is -0.338 e. The minimum absolute atomic E-state index is 0.0779.